The highest BCUT2D eigenvalue weighted by atomic mass is 32.2. The van der Waals surface area contributed by atoms with Gasteiger partial charge < -0.3 is 28.8 Å². The number of hydrogen-bond acceptors (Lipinski definition) is 9. The molecule has 3 N–H and O–H groups in total. The summed E-state index contributed by atoms with van der Waals surface area (Å²) in [5, 5.41) is 11.5. The molecule has 0 spiro atoms. The smallest absolute Gasteiger partial charge is 0.330 e. The van der Waals surface area contributed by atoms with Gasteiger partial charge in [0.25, 0.3) is 5.56 Å². The summed E-state index contributed by atoms with van der Waals surface area (Å²) in [6, 6.07) is 9.63. The van der Waals surface area contributed by atoms with Crippen molar-refractivity contribution in [1.82, 2.24) is 23.9 Å². The van der Waals surface area contributed by atoms with Crippen LogP contribution in [0.5, 0.6) is 0 Å². The zero-order chi connectivity index (χ0) is 22.7. The molecule has 2 unspecified atom stereocenters. The second kappa shape index (κ2) is 8.17. The summed E-state index contributed by atoms with van der Waals surface area (Å²) in [6.07, 6.45) is -1.62. The average molecular weight is 489 g/mol. The van der Waals surface area contributed by atoms with Crippen molar-refractivity contribution >= 4 is 37.3 Å². The molecule has 3 aromatic heterocycles. The lowest BCUT2D eigenvalue weighted by Gasteiger charge is -2.27. The van der Waals surface area contributed by atoms with Crippen LogP contribution in [0.25, 0.3) is 28.2 Å². The van der Waals surface area contributed by atoms with E-state index in [0.29, 0.717) is 22.3 Å². The molecule has 2 aliphatic heterocycles. The van der Waals surface area contributed by atoms with Crippen LogP contribution in [-0.4, -0.2) is 64.6 Å². The van der Waals surface area contributed by atoms with Gasteiger partial charge in [0.2, 0.25) is 5.78 Å². The van der Waals surface area contributed by atoms with Crippen molar-refractivity contribution in [3.8, 4) is 11.3 Å². The Morgan fingerprint density at radius 1 is 1.30 bits per heavy atom. The van der Waals surface area contributed by atoms with Crippen molar-refractivity contribution in [2.75, 3.05) is 12.4 Å². The Kier molecular flexibility index (Phi) is 5.26. The number of rotatable bonds is 4. The molecule has 2 saturated heterocycles. The second-order valence-corrected chi connectivity index (χ2v) is 9.85. The van der Waals surface area contributed by atoms with E-state index in [1.165, 1.54) is 16.2 Å². The summed E-state index contributed by atoms with van der Waals surface area (Å²) in [5.41, 5.74) is 1.81. The van der Waals surface area contributed by atoms with E-state index in [9.17, 15) is 14.8 Å². The Morgan fingerprint density at radius 3 is 2.91 bits per heavy atom. The van der Waals surface area contributed by atoms with Gasteiger partial charge in [-0.3, -0.25) is 9.36 Å². The molecular weight excluding hydrogens is 469 g/mol. The number of fused-ring (bicyclic) bond motifs is 3. The number of benzene rings is 1. The van der Waals surface area contributed by atoms with Gasteiger partial charge >= 0.3 is 8.60 Å². The SMILES string of the molecule is CCSc1nc2c(=O)n3cc(-c4ccccc4)[nH]c3nc2n1[C@@H]1OC2COP(O)O[C@H]2[C@@H]1O. The maximum absolute atomic E-state index is 13.3. The van der Waals surface area contributed by atoms with Crippen molar-refractivity contribution in [1.29, 1.82) is 0 Å². The molecule has 0 bridgehead atoms. The molecule has 0 saturated carbocycles. The number of nitrogens with zero attached hydrogens (tertiary/aromatic N) is 4. The molecule has 33 heavy (non-hydrogen) atoms. The molecule has 2 fully saturated rings. The van der Waals surface area contributed by atoms with E-state index in [2.05, 4.69) is 15.0 Å². The summed E-state index contributed by atoms with van der Waals surface area (Å²) in [6.45, 7) is 2.06. The van der Waals surface area contributed by atoms with Gasteiger partial charge in [0.05, 0.1) is 12.3 Å². The van der Waals surface area contributed by atoms with E-state index in [4.69, 9.17) is 13.8 Å². The Morgan fingerprint density at radius 2 is 2.12 bits per heavy atom. The third kappa shape index (κ3) is 3.41. The van der Waals surface area contributed by atoms with Crippen molar-refractivity contribution < 1.29 is 23.8 Å². The predicted octanol–water partition coefficient (Wildman–Crippen LogP) is 2.04. The lowest BCUT2D eigenvalue weighted by Crippen LogP contribution is -2.38. The van der Waals surface area contributed by atoms with Crippen LogP contribution in [0.1, 0.15) is 13.2 Å². The Hall–Kier alpha value is -2.31. The van der Waals surface area contributed by atoms with E-state index < -0.39 is 33.1 Å². The molecule has 0 radical (unpaired) electrons. The third-order valence-electron chi connectivity index (χ3n) is 5.70. The highest BCUT2D eigenvalue weighted by molar-refractivity contribution is 7.99. The van der Waals surface area contributed by atoms with Gasteiger partial charge in [0.15, 0.2) is 22.5 Å². The van der Waals surface area contributed by atoms with Gasteiger partial charge in [-0.2, -0.15) is 4.98 Å². The highest BCUT2D eigenvalue weighted by Gasteiger charge is 2.50. The zero-order valence-corrected chi connectivity index (χ0v) is 19.1. The van der Waals surface area contributed by atoms with E-state index in [0.717, 1.165) is 11.3 Å². The topological polar surface area (TPSA) is 136 Å². The monoisotopic (exact) mass is 489 g/mol. The molecule has 0 amide bonds. The first-order chi connectivity index (χ1) is 16.0. The molecule has 5 heterocycles. The minimum absolute atomic E-state index is 0.0979. The number of aromatic amines is 1. The Bertz CT molecular complexity index is 1390. The second-order valence-electron chi connectivity index (χ2n) is 7.67. The standard InChI is InChI=1S/C20H20N5O6PS/c1-2-33-20-22-13-16(25(20)18-14(26)15-12(30-18)9-29-32(28)31-15)23-19-21-11(8-24(19)17(13)27)10-6-4-3-5-7-10/h3-8,12,14-15,18,26,28H,2,9H2,1H3,(H,21,23)/t12?,14-,15+,18+,32?/m0/s1. The van der Waals surface area contributed by atoms with E-state index in [1.54, 1.807) is 10.8 Å². The first-order valence-electron chi connectivity index (χ1n) is 10.4. The van der Waals surface area contributed by atoms with Gasteiger partial charge in [0.1, 0.15) is 18.3 Å². The number of aliphatic hydroxyl groups excluding tert-OH is 1. The first kappa shape index (κ1) is 21.2. The molecule has 1 aromatic carbocycles. The van der Waals surface area contributed by atoms with Gasteiger partial charge in [0, 0.05) is 6.20 Å². The summed E-state index contributed by atoms with van der Waals surface area (Å²) in [5.74, 6) is 1.04. The van der Waals surface area contributed by atoms with Crippen LogP contribution in [0.15, 0.2) is 46.5 Å². The number of H-pyrrole nitrogens is 1. The molecule has 4 aromatic rings. The average Bonchev–Trinajstić information content (AvgIpc) is 3.49. The lowest BCUT2D eigenvalue weighted by molar-refractivity contribution is -0.0614. The number of imidazole rings is 2. The van der Waals surface area contributed by atoms with Gasteiger partial charge in [-0.15, -0.1) is 0 Å². The largest absolute Gasteiger partial charge is 0.386 e. The molecule has 6 rings (SSSR count). The summed E-state index contributed by atoms with van der Waals surface area (Å²) >= 11 is 1.41. The summed E-state index contributed by atoms with van der Waals surface area (Å²) < 4.78 is 19.7. The molecule has 0 aliphatic carbocycles. The number of nitrogens with one attached hydrogen (secondary N) is 1. The van der Waals surface area contributed by atoms with E-state index in [-0.39, 0.29) is 17.7 Å². The van der Waals surface area contributed by atoms with Crippen LogP contribution >= 0.6 is 20.4 Å². The van der Waals surface area contributed by atoms with Crippen LogP contribution in [0.3, 0.4) is 0 Å². The summed E-state index contributed by atoms with van der Waals surface area (Å²) in [7, 11) is -2.07. The molecule has 5 atom stereocenters. The van der Waals surface area contributed by atoms with Gasteiger partial charge in [-0.25, -0.2) is 9.38 Å². The number of aliphatic hydroxyl groups is 1. The molecule has 172 valence electrons. The predicted molar refractivity (Wildman–Crippen MR) is 121 cm³/mol. The van der Waals surface area contributed by atoms with Crippen LogP contribution in [0.4, 0.5) is 0 Å². The molecule has 11 nitrogen and oxygen atoms in total. The normalized spacial score (nSPS) is 27.4. The van der Waals surface area contributed by atoms with Crippen LogP contribution in [0, 0.1) is 0 Å². The maximum atomic E-state index is 13.3. The molecular formula is C20H20N5O6PS. The van der Waals surface area contributed by atoms with E-state index in [1.807, 2.05) is 37.3 Å². The highest BCUT2D eigenvalue weighted by Crippen LogP contribution is 2.47. The molecule has 13 heteroatoms. The minimum atomic E-state index is -2.07. The fraction of sp³-hybridized carbons (Fsp3) is 0.350. The first-order valence-corrected chi connectivity index (χ1v) is 12.5. The Balaban J connectivity index is 1.51. The van der Waals surface area contributed by atoms with Crippen molar-refractivity contribution in [3.63, 3.8) is 0 Å². The number of ether oxygens (including phenoxy) is 1. The fourth-order valence-corrected chi connectivity index (χ4v) is 5.75. The van der Waals surface area contributed by atoms with E-state index >= 15 is 0 Å². The van der Waals surface area contributed by atoms with Crippen molar-refractivity contribution in [2.24, 2.45) is 0 Å². The zero-order valence-electron chi connectivity index (χ0n) is 17.4. The van der Waals surface area contributed by atoms with Gasteiger partial charge in [-0.05, 0) is 11.3 Å². The number of hydrogen-bond donors (Lipinski definition) is 3. The minimum Gasteiger partial charge on any atom is -0.386 e. The van der Waals surface area contributed by atoms with Gasteiger partial charge in [-0.1, -0.05) is 49.0 Å². The number of thioether (sulfide) groups is 1. The van der Waals surface area contributed by atoms with Crippen LogP contribution in [0.2, 0.25) is 0 Å². The maximum Gasteiger partial charge on any atom is 0.330 e. The van der Waals surface area contributed by atoms with Crippen molar-refractivity contribution in [3.05, 3.63) is 46.9 Å². The molecule has 2 aliphatic rings. The lowest BCUT2D eigenvalue weighted by atomic mass is 10.1. The summed E-state index contributed by atoms with van der Waals surface area (Å²) in [4.78, 5) is 35.5. The Labute approximate surface area is 192 Å². The number of aromatic nitrogens is 5. The van der Waals surface area contributed by atoms with Crippen LogP contribution in [-0.2, 0) is 13.8 Å². The fourth-order valence-electron chi connectivity index (χ4n) is 4.20. The van der Waals surface area contributed by atoms with Crippen LogP contribution < -0.4 is 5.56 Å². The van der Waals surface area contributed by atoms with Crippen molar-refractivity contribution in [2.45, 2.75) is 36.6 Å². The quantitative estimate of drug-likeness (QED) is 0.291. The third-order valence-corrected chi connectivity index (χ3v) is 7.33.